The molecule has 4 atom stereocenters. The first-order valence-corrected chi connectivity index (χ1v) is 12.9. The zero-order valence-corrected chi connectivity index (χ0v) is 20.3. The number of fused-ring (bicyclic) bond motifs is 1. The summed E-state index contributed by atoms with van der Waals surface area (Å²) in [6.07, 6.45) is 14.3. The van der Waals surface area contributed by atoms with Gasteiger partial charge in [0, 0.05) is 24.2 Å². The lowest BCUT2D eigenvalue weighted by atomic mass is 9.90. The fraction of sp³-hybridized carbons (Fsp3) is 0.556. The number of aromatic nitrogens is 4. The van der Waals surface area contributed by atoms with Crippen LogP contribution in [0.3, 0.4) is 0 Å². The number of ether oxygens (including phenoxy) is 1. The predicted molar refractivity (Wildman–Crippen MR) is 132 cm³/mol. The molecule has 1 fully saturated rings. The van der Waals surface area contributed by atoms with Gasteiger partial charge in [0.05, 0.1) is 24.4 Å². The number of pyridine rings is 1. The molecule has 1 N–H and O–H groups in total. The second-order valence-corrected chi connectivity index (χ2v) is 9.95. The average molecular weight is 480 g/mol. The Morgan fingerprint density at radius 3 is 3.03 bits per heavy atom. The van der Waals surface area contributed by atoms with Crippen LogP contribution in [0.15, 0.2) is 48.3 Å². The van der Waals surface area contributed by atoms with Crippen molar-refractivity contribution in [2.45, 2.75) is 76.6 Å². The van der Waals surface area contributed by atoms with Crippen molar-refractivity contribution < 1.29 is 13.9 Å². The molecular formula is C27H34FN5O2. The van der Waals surface area contributed by atoms with Gasteiger partial charge in [-0.25, -0.2) is 14.1 Å². The normalized spacial score (nSPS) is 24.2. The van der Waals surface area contributed by atoms with Gasteiger partial charge < -0.3 is 10.1 Å². The van der Waals surface area contributed by atoms with Gasteiger partial charge in [0.15, 0.2) is 0 Å². The van der Waals surface area contributed by atoms with Crippen molar-refractivity contribution in [3.05, 3.63) is 59.6 Å². The second kappa shape index (κ2) is 10.8. The van der Waals surface area contributed by atoms with Crippen molar-refractivity contribution in [3.8, 4) is 0 Å². The molecule has 0 radical (unpaired) electrons. The second-order valence-electron chi connectivity index (χ2n) is 9.95. The van der Waals surface area contributed by atoms with Gasteiger partial charge in [-0.2, -0.15) is 0 Å². The number of unbranched alkanes of at least 4 members (excludes halogenated alkanes) is 1. The maximum absolute atomic E-state index is 14.4. The molecule has 35 heavy (non-hydrogen) atoms. The molecule has 0 bridgehead atoms. The van der Waals surface area contributed by atoms with E-state index >= 15 is 0 Å². The summed E-state index contributed by atoms with van der Waals surface area (Å²) in [5, 5.41) is 11.4. The maximum Gasteiger partial charge on any atom is 0.233 e. The number of aryl methyl sites for hydroxylation is 1. The lowest BCUT2D eigenvalue weighted by Crippen LogP contribution is -2.27. The Hall–Kier alpha value is -2.87. The number of halogens is 1. The van der Waals surface area contributed by atoms with Crippen LogP contribution in [-0.2, 0) is 22.5 Å². The van der Waals surface area contributed by atoms with Crippen LogP contribution < -0.4 is 5.32 Å². The van der Waals surface area contributed by atoms with E-state index in [0.717, 1.165) is 48.9 Å². The largest absolute Gasteiger partial charge is 0.370 e. The van der Waals surface area contributed by atoms with Gasteiger partial charge in [0.25, 0.3) is 0 Å². The van der Waals surface area contributed by atoms with Gasteiger partial charge in [-0.1, -0.05) is 30.7 Å². The number of nitrogens with one attached hydrogen (secondary N) is 1. The van der Waals surface area contributed by atoms with Crippen LogP contribution in [0.5, 0.6) is 0 Å². The molecule has 7 nitrogen and oxygen atoms in total. The molecular weight excluding hydrogens is 445 g/mol. The fourth-order valence-electron chi connectivity index (χ4n) is 4.99. The number of hydrogen-bond acceptors (Lipinski definition) is 5. The maximum atomic E-state index is 14.4. The van der Waals surface area contributed by atoms with E-state index in [1.54, 1.807) is 12.3 Å². The molecule has 8 heteroatoms. The number of carbonyl (C=O) groups is 1. The van der Waals surface area contributed by atoms with Crippen molar-refractivity contribution in [1.29, 1.82) is 0 Å². The molecule has 2 aliphatic carbocycles. The van der Waals surface area contributed by atoms with E-state index in [0.29, 0.717) is 24.9 Å². The molecule has 0 saturated heterocycles. The Morgan fingerprint density at radius 2 is 2.20 bits per heavy atom. The molecule has 3 heterocycles. The fourth-order valence-corrected chi connectivity index (χ4v) is 4.99. The first kappa shape index (κ1) is 23.9. The number of allylic oxidation sites excluding steroid dienone is 2. The van der Waals surface area contributed by atoms with Crippen LogP contribution in [0, 0.1) is 11.8 Å². The van der Waals surface area contributed by atoms with E-state index < -0.39 is 12.3 Å². The summed E-state index contributed by atoms with van der Waals surface area (Å²) in [6, 6.07) is 3.86. The Labute approximate surface area is 205 Å². The predicted octanol–water partition coefficient (Wildman–Crippen LogP) is 4.78. The number of carbonyl (C=O) groups excluding carboxylic acids is 1. The summed E-state index contributed by atoms with van der Waals surface area (Å²) in [6.45, 7) is 3.51. The van der Waals surface area contributed by atoms with Crippen LogP contribution in [0.1, 0.15) is 62.6 Å². The van der Waals surface area contributed by atoms with E-state index in [4.69, 9.17) is 4.74 Å². The standard InChI is InChI=1S/C27H34FN5O2/c1-2-19(20-11-12-24(28)25(14-20)35-17-18-9-10-18)16-33-21(15-30-32-33)6-3-4-7-23-22-8-5-13-29-26(22)31-27(23)34/h5,8,11-15,18-19,23-25H,2-4,6-7,9-10,16-17H2,1H3,(H,29,31,34). The highest BCUT2D eigenvalue weighted by Crippen LogP contribution is 2.34. The van der Waals surface area contributed by atoms with Gasteiger partial charge in [0.2, 0.25) is 5.91 Å². The number of amides is 1. The molecule has 1 aliphatic heterocycles. The van der Waals surface area contributed by atoms with E-state index in [2.05, 4.69) is 27.5 Å². The Kier molecular flexibility index (Phi) is 7.37. The van der Waals surface area contributed by atoms with Crippen molar-refractivity contribution in [1.82, 2.24) is 20.0 Å². The molecule has 2 aromatic heterocycles. The van der Waals surface area contributed by atoms with Crippen LogP contribution in [0.25, 0.3) is 0 Å². The number of alkyl halides is 1. The number of hydrogen-bond donors (Lipinski definition) is 1. The minimum Gasteiger partial charge on any atom is -0.370 e. The Balaban J connectivity index is 1.15. The summed E-state index contributed by atoms with van der Waals surface area (Å²) >= 11 is 0. The minimum absolute atomic E-state index is 0.0416. The van der Waals surface area contributed by atoms with Crippen LogP contribution >= 0.6 is 0 Å². The van der Waals surface area contributed by atoms with Crippen molar-refractivity contribution >= 4 is 11.7 Å². The molecule has 1 amide bonds. The summed E-state index contributed by atoms with van der Waals surface area (Å²) in [5.41, 5.74) is 3.20. The SMILES string of the molecule is CCC(Cn1nncc1CCCCC1C(=O)Nc2ncccc21)C1=CC(OCC2CC2)C(F)C=C1. The van der Waals surface area contributed by atoms with Crippen molar-refractivity contribution in [3.63, 3.8) is 0 Å². The van der Waals surface area contributed by atoms with E-state index in [1.807, 2.05) is 35.2 Å². The highest BCUT2D eigenvalue weighted by atomic mass is 19.1. The lowest BCUT2D eigenvalue weighted by molar-refractivity contribution is -0.117. The van der Waals surface area contributed by atoms with Crippen LogP contribution in [0.4, 0.5) is 10.2 Å². The zero-order valence-electron chi connectivity index (χ0n) is 20.3. The first-order chi connectivity index (χ1) is 17.1. The molecule has 2 aromatic rings. The number of anilines is 1. The topological polar surface area (TPSA) is 81.9 Å². The molecule has 186 valence electrons. The molecule has 0 spiro atoms. The first-order valence-electron chi connectivity index (χ1n) is 12.9. The highest BCUT2D eigenvalue weighted by molar-refractivity contribution is 6.01. The summed E-state index contributed by atoms with van der Waals surface area (Å²) in [4.78, 5) is 16.6. The molecule has 4 unspecified atom stereocenters. The van der Waals surface area contributed by atoms with Gasteiger partial charge >= 0.3 is 0 Å². The number of rotatable bonds is 12. The molecule has 5 rings (SSSR count). The molecule has 3 aliphatic rings. The lowest BCUT2D eigenvalue weighted by Gasteiger charge is -2.25. The monoisotopic (exact) mass is 479 g/mol. The molecule has 0 aromatic carbocycles. The van der Waals surface area contributed by atoms with Crippen molar-refractivity contribution in [2.24, 2.45) is 11.8 Å². The van der Waals surface area contributed by atoms with Crippen LogP contribution in [0.2, 0.25) is 0 Å². The van der Waals surface area contributed by atoms with Gasteiger partial charge in [-0.3, -0.25) is 4.79 Å². The smallest absolute Gasteiger partial charge is 0.233 e. The Morgan fingerprint density at radius 1 is 1.31 bits per heavy atom. The highest BCUT2D eigenvalue weighted by Gasteiger charge is 2.31. The zero-order chi connectivity index (χ0) is 24.2. The third kappa shape index (κ3) is 5.69. The van der Waals surface area contributed by atoms with Gasteiger partial charge in [0.1, 0.15) is 18.1 Å². The van der Waals surface area contributed by atoms with Gasteiger partial charge in [-0.15, -0.1) is 5.10 Å². The summed E-state index contributed by atoms with van der Waals surface area (Å²) in [7, 11) is 0. The van der Waals surface area contributed by atoms with E-state index in [9.17, 15) is 9.18 Å². The quantitative estimate of drug-likeness (QED) is 0.443. The van der Waals surface area contributed by atoms with Gasteiger partial charge in [-0.05, 0) is 68.2 Å². The number of nitrogens with zero attached hydrogens (tertiary/aromatic N) is 4. The average Bonchev–Trinajstić information content (AvgIpc) is 3.50. The van der Waals surface area contributed by atoms with E-state index in [1.165, 1.54) is 12.8 Å². The molecule has 1 saturated carbocycles. The third-order valence-corrected chi connectivity index (χ3v) is 7.37. The van der Waals surface area contributed by atoms with Crippen molar-refractivity contribution in [2.75, 3.05) is 11.9 Å². The minimum atomic E-state index is -1.08. The summed E-state index contributed by atoms with van der Waals surface area (Å²) < 4.78 is 22.2. The third-order valence-electron chi connectivity index (χ3n) is 7.37. The van der Waals surface area contributed by atoms with Crippen LogP contribution in [-0.4, -0.2) is 44.8 Å². The summed E-state index contributed by atoms with van der Waals surface area (Å²) in [5.74, 6) is 1.45. The van der Waals surface area contributed by atoms with E-state index in [-0.39, 0.29) is 17.7 Å². The Bertz CT molecular complexity index is 1090.